The molecule has 0 spiro atoms. The van der Waals surface area contributed by atoms with Crippen molar-refractivity contribution in [3.63, 3.8) is 0 Å². The molecule has 1 fully saturated rings. The van der Waals surface area contributed by atoms with E-state index in [0.29, 0.717) is 31.1 Å². The molecule has 7 heteroatoms. The number of para-hydroxylation sites is 2. The predicted molar refractivity (Wildman–Crippen MR) is 103 cm³/mol. The second-order valence-corrected chi connectivity index (χ2v) is 8.65. The summed E-state index contributed by atoms with van der Waals surface area (Å²) < 4.78 is 27.4. The van der Waals surface area contributed by atoms with Crippen molar-refractivity contribution < 1.29 is 8.42 Å². The van der Waals surface area contributed by atoms with Gasteiger partial charge in [-0.3, -0.25) is 0 Å². The van der Waals surface area contributed by atoms with Crippen LogP contribution in [-0.2, 0) is 10.0 Å². The Morgan fingerprint density at radius 2 is 1.69 bits per heavy atom. The first-order valence-electron chi connectivity index (χ1n) is 8.72. The second-order valence-electron chi connectivity index (χ2n) is 6.71. The molecular formula is C19H22N4O2S. The first-order chi connectivity index (χ1) is 12.4. The van der Waals surface area contributed by atoms with Crippen LogP contribution < -0.4 is 4.90 Å². The number of rotatable bonds is 3. The first-order valence-corrected chi connectivity index (χ1v) is 10.2. The van der Waals surface area contributed by atoms with Crippen LogP contribution in [0.5, 0.6) is 0 Å². The number of aromatic nitrogens is 2. The zero-order chi connectivity index (χ0) is 18.3. The Kier molecular flexibility index (Phi) is 4.20. The first kappa shape index (κ1) is 17.1. The maximum Gasteiger partial charge on any atom is 0.243 e. The molecule has 26 heavy (non-hydrogen) atoms. The van der Waals surface area contributed by atoms with Gasteiger partial charge in [-0.2, -0.15) is 4.31 Å². The highest BCUT2D eigenvalue weighted by atomic mass is 32.2. The van der Waals surface area contributed by atoms with Crippen LogP contribution in [0.25, 0.3) is 11.0 Å². The maximum absolute atomic E-state index is 12.9. The van der Waals surface area contributed by atoms with Gasteiger partial charge in [0.2, 0.25) is 16.0 Å². The lowest BCUT2D eigenvalue weighted by Crippen LogP contribution is -2.49. The van der Waals surface area contributed by atoms with Crippen molar-refractivity contribution in [3.05, 3.63) is 53.6 Å². The van der Waals surface area contributed by atoms with Gasteiger partial charge in [0, 0.05) is 26.2 Å². The molecule has 2 aromatic carbocycles. The van der Waals surface area contributed by atoms with E-state index in [1.165, 1.54) is 0 Å². The van der Waals surface area contributed by atoms with Crippen LogP contribution in [0.2, 0.25) is 0 Å². The molecule has 0 saturated carbocycles. The number of H-pyrrole nitrogens is 1. The van der Waals surface area contributed by atoms with Crippen LogP contribution in [0.4, 0.5) is 5.95 Å². The summed E-state index contributed by atoms with van der Waals surface area (Å²) in [5, 5.41) is 0. The highest BCUT2D eigenvalue weighted by Gasteiger charge is 2.29. The quantitative estimate of drug-likeness (QED) is 0.770. The van der Waals surface area contributed by atoms with Gasteiger partial charge in [0.15, 0.2) is 0 Å². The van der Waals surface area contributed by atoms with Crippen molar-refractivity contribution in [3.8, 4) is 0 Å². The SMILES string of the molecule is Cc1ccc(S(=O)(=O)N2CCN(c3nc4ccccc4[nH]3)CC2)cc1C. The molecule has 1 aromatic heterocycles. The lowest BCUT2D eigenvalue weighted by molar-refractivity contribution is 0.383. The predicted octanol–water partition coefficient (Wildman–Crippen LogP) is 2.69. The molecule has 0 bridgehead atoms. The number of anilines is 1. The Hall–Kier alpha value is -2.38. The number of hydrogen-bond acceptors (Lipinski definition) is 4. The van der Waals surface area contributed by atoms with Crippen molar-refractivity contribution in [1.82, 2.24) is 14.3 Å². The summed E-state index contributed by atoms with van der Waals surface area (Å²) in [4.78, 5) is 10.4. The number of imidazole rings is 1. The van der Waals surface area contributed by atoms with Crippen molar-refractivity contribution >= 4 is 27.0 Å². The van der Waals surface area contributed by atoms with Gasteiger partial charge in [-0.05, 0) is 49.2 Å². The Morgan fingerprint density at radius 1 is 0.962 bits per heavy atom. The number of aromatic amines is 1. The number of sulfonamides is 1. The third kappa shape index (κ3) is 2.97. The summed E-state index contributed by atoms with van der Waals surface area (Å²) >= 11 is 0. The van der Waals surface area contributed by atoms with Gasteiger partial charge in [0.05, 0.1) is 15.9 Å². The molecule has 1 saturated heterocycles. The highest BCUT2D eigenvalue weighted by molar-refractivity contribution is 7.89. The second kappa shape index (κ2) is 6.41. The van der Waals surface area contributed by atoms with Crippen molar-refractivity contribution in [1.29, 1.82) is 0 Å². The molecule has 0 radical (unpaired) electrons. The molecule has 4 rings (SSSR count). The number of aryl methyl sites for hydroxylation is 2. The average Bonchev–Trinajstić information content (AvgIpc) is 3.08. The third-order valence-electron chi connectivity index (χ3n) is 5.03. The van der Waals surface area contributed by atoms with Gasteiger partial charge in [-0.1, -0.05) is 18.2 Å². The van der Waals surface area contributed by atoms with Crippen LogP contribution in [0.15, 0.2) is 47.4 Å². The number of fused-ring (bicyclic) bond motifs is 1. The summed E-state index contributed by atoms with van der Waals surface area (Å²) in [7, 11) is -3.46. The Labute approximate surface area is 153 Å². The van der Waals surface area contributed by atoms with Gasteiger partial charge in [-0.15, -0.1) is 0 Å². The fraction of sp³-hybridized carbons (Fsp3) is 0.316. The fourth-order valence-corrected chi connectivity index (χ4v) is 4.76. The van der Waals surface area contributed by atoms with E-state index < -0.39 is 10.0 Å². The number of benzene rings is 2. The number of piperazine rings is 1. The Bertz CT molecular complexity index is 1020. The van der Waals surface area contributed by atoms with E-state index >= 15 is 0 Å². The summed E-state index contributed by atoms with van der Waals surface area (Å²) in [6.45, 7) is 6.05. The van der Waals surface area contributed by atoms with Crippen LogP contribution in [-0.4, -0.2) is 48.9 Å². The maximum atomic E-state index is 12.9. The van der Waals surface area contributed by atoms with Crippen molar-refractivity contribution in [2.75, 3.05) is 31.1 Å². The Balaban J connectivity index is 1.51. The van der Waals surface area contributed by atoms with Crippen molar-refractivity contribution in [2.45, 2.75) is 18.7 Å². The van der Waals surface area contributed by atoms with Crippen LogP contribution in [0, 0.1) is 13.8 Å². The van der Waals surface area contributed by atoms with E-state index in [2.05, 4.69) is 14.9 Å². The van der Waals surface area contributed by atoms with Gasteiger partial charge in [0.1, 0.15) is 0 Å². The molecule has 6 nitrogen and oxygen atoms in total. The number of nitrogens with zero attached hydrogens (tertiary/aromatic N) is 3. The van der Waals surface area contributed by atoms with Crippen molar-refractivity contribution in [2.24, 2.45) is 0 Å². The molecule has 0 aliphatic carbocycles. The zero-order valence-electron chi connectivity index (χ0n) is 14.9. The molecular weight excluding hydrogens is 348 g/mol. The number of nitrogens with one attached hydrogen (secondary N) is 1. The van der Waals surface area contributed by atoms with E-state index in [1.54, 1.807) is 16.4 Å². The largest absolute Gasteiger partial charge is 0.340 e. The van der Waals surface area contributed by atoms with Crippen LogP contribution >= 0.6 is 0 Å². The summed E-state index contributed by atoms with van der Waals surface area (Å²) in [5.41, 5.74) is 4.01. The van der Waals surface area contributed by atoms with E-state index in [4.69, 9.17) is 0 Å². The monoisotopic (exact) mass is 370 g/mol. The van der Waals surface area contributed by atoms with E-state index in [0.717, 1.165) is 28.1 Å². The molecule has 136 valence electrons. The molecule has 3 aromatic rings. The molecule has 1 aliphatic rings. The van der Waals surface area contributed by atoms with Gasteiger partial charge in [0.25, 0.3) is 0 Å². The fourth-order valence-electron chi connectivity index (χ4n) is 3.25. The number of hydrogen-bond donors (Lipinski definition) is 1. The topological polar surface area (TPSA) is 69.3 Å². The van der Waals surface area contributed by atoms with Crippen LogP contribution in [0.1, 0.15) is 11.1 Å². The minimum atomic E-state index is -3.46. The summed E-state index contributed by atoms with van der Waals surface area (Å²) in [6, 6.07) is 13.2. The standard InChI is InChI=1S/C19H22N4O2S/c1-14-7-8-16(13-15(14)2)26(24,25)23-11-9-22(10-12-23)19-20-17-5-3-4-6-18(17)21-19/h3-8,13H,9-12H2,1-2H3,(H,20,21). The van der Waals surface area contributed by atoms with E-state index in [-0.39, 0.29) is 0 Å². The minimum Gasteiger partial charge on any atom is -0.340 e. The average molecular weight is 370 g/mol. The van der Waals surface area contributed by atoms with Crippen LogP contribution in [0.3, 0.4) is 0 Å². The smallest absolute Gasteiger partial charge is 0.243 e. The lowest BCUT2D eigenvalue weighted by atomic mass is 10.1. The normalized spacial score (nSPS) is 16.3. The molecule has 0 amide bonds. The summed E-state index contributed by atoms with van der Waals surface area (Å²) in [5.74, 6) is 0.800. The molecule has 1 aliphatic heterocycles. The lowest BCUT2D eigenvalue weighted by Gasteiger charge is -2.33. The summed E-state index contributed by atoms with van der Waals surface area (Å²) in [6.07, 6.45) is 0. The molecule has 0 atom stereocenters. The Morgan fingerprint density at radius 3 is 2.38 bits per heavy atom. The van der Waals surface area contributed by atoms with E-state index in [9.17, 15) is 8.42 Å². The van der Waals surface area contributed by atoms with Gasteiger partial charge >= 0.3 is 0 Å². The zero-order valence-corrected chi connectivity index (χ0v) is 15.8. The molecule has 0 unspecified atom stereocenters. The highest BCUT2D eigenvalue weighted by Crippen LogP contribution is 2.23. The third-order valence-corrected chi connectivity index (χ3v) is 6.93. The van der Waals surface area contributed by atoms with Gasteiger partial charge in [-0.25, -0.2) is 13.4 Å². The molecule has 2 heterocycles. The minimum absolute atomic E-state index is 0.373. The molecule has 1 N–H and O–H groups in total. The van der Waals surface area contributed by atoms with E-state index in [1.807, 2.05) is 44.2 Å². The van der Waals surface area contributed by atoms with Gasteiger partial charge < -0.3 is 9.88 Å².